The number of pyridine rings is 1. The summed E-state index contributed by atoms with van der Waals surface area (Å²) in [5.41, 5.74) is 1.11. The monoisotopic (exact) mass is 329 g/mol. The maximum Gasteiger partial charge on any atom is 0.255 e. The molecular formula is C18H23N3O3. The molecule has 2 rings (SSSR count). The number of nitrogens with one attached hydrogen (secondary N) is 2. The highest BCUT2D eigenvalue weighted by Gasteiger charge is 2.11. The number of benzene rings is 1. The van der Waals surface area contributed by atoms with Crippen LogP contribution in [-0.2, 0) is 0 Å². The van der Waals surface area contributed by atoms with Gasteiger partial charge in [-0.05, 0) is 30.7 Å². The summed E-state index contributed by atoms with van der Waals surface area (Å²) in [6, 6.07) is 8.65. The molecule has 0 saturated heterocycles. The quantitative estimate of drug-likeness (QED) is 0.725. The minimum atomic E-state index is -0.223. The van der Waals surface area contributed by atoms with Gasteiger partial charge in [0.2, 0.25) is 0 Å². The highest BCUT2D eigenvalue weighted by molar-refractivity contribution is 6.05. The maximum absolute atomic E-state index is 12.5. The van der Waals surface area contributed by atoms with Gasteiger partial charge in [0.25, 0.3) is 5.91 Å². The second-order valence-electron chi connectivity index (χ2n) is 5.23. The SMILES string of the molecule is CCCCNc1cc(C(=O)Nc2ccc(OC)cc2OC)ccn1. The molecule has 2 N–H and O–H groups in total. The van der Waals surface area contributed by atoms with E-state index < -0.39 is 0 Å². The molecule has 6 heteroatoms. The third-order valence-electron chi connectivity index (χ3n) is 3.52. The van der Waals surface area contributed by atoms with Crippen molar-refractivity contribution in [2.24, 2.45) is 0 Å². The van der Waals surface area contributed by atoms with E-state index in [0.717, 1.165) is 19.4 Å². The third-order valence-corrected chi connectivity index (χ3v) is 3.52. The van der Waals surface area contributed by atoms with E-state index in [1.54, 1.807) is 50.7 Å². The van der Waals surface area contributed by atoms with Gasteiger partial charge in [0.05, 0.1) is 19.9 Å². The molecule has 0 saturated carbocycles. The molecule has 0 bridgehead atoms. The third kappa shape index (κ3) is 4.62. The van der Waals surface area contributed by atoms with Crippen LogP contribution >= 0.6 is 0 Å². The summed E-state index contributed by atoms with van der Waals surface area (Å²) >= 11 is 0. The summed E-state index contributed by atoms with van der Waals surface area (Å²) in [5, 5.41) is 6.06. The van der Waals surface area contributed by atoms with Crippen LogP contribution in [0.5, 0.6) is 11.5 Å². The zero-order valence-corrected chi connectivity index (χ0v) is 14.3. The summed E-state index contributed by atoms with van der Waals surface area (Å²) in [6.45, 7) is 2.96. The highest BCUT2D eigenvalue weighted by Crippen LogP contribution is 2.29. The lowest BCUT2D eigenvalue weighted by Gasteiger charge is -2.12. The summed E-state index contributed by atoms with van der Waals surface area (Å²) in [5.74, 6) is 1.67. The first-order valence-electron chi connectivity index (χ1n) is 7.91. The number of amides is 1. The number of carbonyl (C=O) groups excluding carboxylic acids is 1. The predicted octanol–water partition coefficient (Wildman–Crippen LogP) is 3.56. The molecule has 0 unspecified atom stereocenters. The van der Waals surface area contributed by atoms with E-state index in [4.69, 9.17) is 9.47 Å². The number of anilines is 2. The van der Waals surface area contributed by atoms with E-state index in [1.807, 2.05) is 0 Å². The van der Waals surface area contributed by atoms with Crippen molar-refractivity contribution in [3.8, 4) is 11.5 Å². The molecule has 0 spiro atoms. The van der Waals surface area contributed by atoms with Gasteiger partial charge in [-0.1, -0.05) is 13.3 Å². The molecular weight excluding hydrogens is 306 g/mol. The molecule has 1 aromatic heterocycles. The standard InChI is InChI=1S/C18H23N3O3/c1-4-5-9-19-17-11-13(8-10-20-17)18(22)21-15-7-6-14(23-2)12-16(15)24-3/h6-8,10-12H,4-5,9H2,1-3H3,(H,19,20)(H,21,22). The van der Waals surface area contributed by atoms with Gasteiger partial charge in [0.1, 0.15) is 17.3 Å². The second kappa shape index (κ2) is 8.76. The topological polar surface area (TPSA) is 72.5 Å². The van der Waals surface area contributed by atoms with Gasteiger partial charge in [-0.25, -0.2) is 4.98 Å². The van der Waals surface area contributed by atoms with Crippen molar-refractivity contribution in [1.29, 1.82) is 0 Å². The Kier molecular flexibility index (Phi) is 6.42. The number of aromatic nitrogens is 1. The van der Waals surface area contributed by atoms with Crippen molar-refractivity contribution in [3.05, 3.63) is 42.1 Å². The number of methoxy groups -OCH3 is 2. The average Bonchev–Trinajstić information content (AvgIpc) is 2.62. The number of nitrogens with zero attached hydrogens (tertiary/aromatic N) is 1. The maximum atomic E-state index is 12.5. The Morgan fingerprint density at radius 2 is 2.00 bits per heavy atom. The zero-order valence-electron chi connectivity index (χ0n) is 14.3. The van der Waals surface area contributed by atoms with Crippen LogP contribution in [0.3, 0.4) is 0 Å². The molecule has 0 aliphatic rings. The van der Waals surface area contributed by atoms with Gasteiger partial charge in [-0.3, -0.25) is 4.79 Å². The molecule has 128 valence electrons. The average molecular weight is 329 g/mol. The zero-order chi connectivity index (χ0) is 17.4. The minimum Gasteiger partial charge on any atom is -0.497 e. The lowest BCUT2D eigenvalue weighted by Crippen LogP contribution is -2.13. The van der Waals surface area contributed by atoms with Gasteiger partial charge < -0.3 is 20.1 Å². The van der Waals surface area contributed by atoms with Crippen molar-refractivity contribution in [2.75, 3.05) is 31.4 Å². The molecule has 1 heterocycles. The Hall–Kier alpha value is -2.76. The molecule has 0 aliphatic carbocycles. The first-order chi connectivity index (χ1) is 11.7. The van der Waals surface area contributed by atoms with Crippen molar-refractivity contribution < 1.29 is 14.3 Å². The van der Waals surface area contributed by atoms with Crippen LogP contribution in [0.25, 0.3) is 0 Å². The molecule has 1 aromatic carbocycles. The van der Waals surface area contributed by atoms with E-state index in [0.29, 0.717) is 28.6 Å². The van der Waals surface area contributed by atoms with Crippen LogP contribution in [0.1, 0.15) is 30.1 Å². The molecule has 0 aliphatic heterocycles. The normalized spacial score (nSPS) is 10.1. The molecule has 24 heavy (non-hydrogen) atoms. The van der Waals surface area contributed by atoms with Crippen molar-refractivity contribution >= 4 is 17.4 Å². The van der Waals surface area contributed by atoms with Crippen LogP contribution in [0.4, 0.5) is 11.5 Å². The Labute approximate surface area is 142 Å². The van der Waals surface area contributed by atoms with Crippen molar-refractivity contribution in [2.45, 2.75) is 19.8 Å². The number of ether oxygens (including phenoxy) is 2. The fourth-order valence-corrected chi connectivity index (χ4v) is 2.16. The molecule has 6 nitrogen and oxygen atoms in total. The summed E-state index contributed by atoms with van der Waals surface area (Å²) in [6.07, 6.45) is 3.78. The fourth-order valence-electron chi connectivity index (χ4n) is 2.16. The molecule has 0 radical (unpaired) electrons. The Balaban J connectivity index is 2.11. The molecule has 0 fully saturated rings. The van der Waals surface area contributed by atoms with E-state index in [2.05, 4.69) is 22.5 Å². The van der Waals surface area contributed by atoms with Gasteiger partial charge in [0, 0.05) is 24.4 Å². The van der Waals surface area contributed by atoms with E-state index in [1.165, 1.54) is 0 Å². The molecule has 0 atom stereocenters. The smallest absolute Gasteiger partial charge is 0.255 e. The predicted molar refractivity (Wildman–Crippen MR) is 95.1 cm³/mol. The lowest BCUT2D eigenvalue weighted by atomic mass is 10.2. The van der Waals surface area contributed by atoms with E-state index in [9.17, 15) is 4.79 Å². The highest BCUT2D eigenvalue weighted by atomic mass is 16.5. The van der Waals surface area contributed by atoms with Gasteiger partial charge >= 0.3 is 0 Å². The van der Waals surface area contributed by atoms with Crippen LogP contribution < -0.4 is 20.1 Å². The fraction of sp³-hybridized carbons (Fsp3) is 0.333. The number of unbranched alkanes of at least 4 members (excludes halogenated alkanes) is 1. The van der Waals surface area contributed by atoms with Crippen LogP contribution in [-0.4, -0.2) is 31.7 Å². The number of hydrogen-bond acceptors (Lipinski definition) is 5. The minimum absolute atomic E-state index is 0.223. The van der Waals surface area contributed by atoms with E-state index >= 15 is 0 Å². The lowest BCUT2D eigenvalue weighted by molar-refractivity contribution is 0.102. The van der Waals surface area contributed by atoms with Gasteiger partial charge in [0.15, 0.2) is 0 Å². The van der Waals surface area contributed by atoms with Gasteiger partial charge in [-0.15, -0.1) is 0 Å². The van der Waals surface area contributed by atoms with Crippen LogP contribution in [0, 0.1) is 0 Å². The van der Waals surface area contributed by atoms with Crippen LogP contribution in [0.2, 0.25) is 0 Å². The molecule has 1 amide bonds. The Bertz CT molecular complexity index is 689. The number of hydrogen-bond donors (Lipinski definition) is 2. The number of carbonyl (C=O) groups is 1. The Morgan fingerprint density at radius 1 is 1.17 bits per heavy atom. The largest absolute Gasteiger partial charge is 0.497 e. The van der Waals surface area contributed by atoms with Crippen molar-refractivity contribution in [3.63, 3.8) is 0 Å². The first-order valence-corrected chi connectivity index (χ1v) is 7.91. The summed E-state index contributed by atoms with van der Waals surface area (Å²) < 4.78 is 10.4. The Morgan fingerprint density at radius 3 is 2.71 bits per heavy atom. The van der Waals surface area contributed by atoms with E-state index in [-0.39, 0.29) is 5.91 Å². The summed E-state index contributed by atoms with van der Waals surface area (Å²) in [7, 11) is 3.13. The van der Waals surface area contributed by atoms with Crippen LogP contribution in [0.15, 0.2) is 36.5 Å². The van der Waals surface area contributed by atoms with Gasteiger partial charge in [-0.2, -0.15) is 0 Å². The number of rotatable bonds is 8. The van der Waals surface area contributed by atoms with Crippen molar-refractivity contribution in [1.82, 2.24) is 4.98 Å². The summed E-state index contributed by atoms with van der Waals surface area (Å²) in [4.78, 5) is 16.7. The second-order valence-corrected chi connectivity index (χ2v) is 5.23. The first kappa shape index (κ1) is 17.6. The molecule has 2 aromatic rings.